The molecule has 0 fully saturated rings. The van der Waals surface area contributed by atoms with Gasteiger partial charge in [-0.3, -0.25) is 4.79 Å². The molecule has 0 aliphatic rings. The highest BCUT2D eigenvalue weighted by Crippen LogP contribution is 2.42. The van der Waals surface area contributed by atoms with Gasteiger partial charge in [0.25, 0.3) is 0 Å². The maximum absolute atomic E-state index is 12.3. The minimum atomic E-state index is 0.0684. The Balaban J connectivity index is 2.04. The number of carbonyl (C=O) groups excluding carboxylic acids is 1. The number of hydrogen-bond donors (Lipinski definition) is 1. The number of nitrogen functional groups attached to an aromatic ring is 1. The Morgan fingerprint density at radius 3 is 2.64 bits per heavy atom. The van der Waals surface area contributed by atoms with E-state index in [0.29, 0.717) is 17.0 Å². The molecule has 4 rings (SSSR count). The van der Waals surface area contributed by atoms with Crippen LogP contribution in [0.2, 0.25) is 0 Å². The monoisotopic (exact) mass is 364 g/mol. The van der Waals surface area contributed by atoms with Crippen molar-refractivity contribution in [1.29, 1.82) is 0 Å². The Bertz CT molecular complexity index is 1050. The third kappa shape index (κ3) is 2.75. The van der Waals surface area contributed by atoms with Crippen molar-refractivity contribution in [2.75, 3.05) is 5.73 Å². The van der Waals surface area contributed by atoms with Gasteiger partial charge in [0.1, 0.15) is 4.83 Å². The molecule has 2 N–H and O–H groups in total. The van der Waals surface area contributed by atoms with Crippen LogP contribution in [0.4, 0.5) is 5.69 Å². The van der Waals surface area contributed by atoms with Gasteiger partial charge in [-0.05, 0) is 17.5 Å². The number of ketones is 1. The molecule has 0 aliphatic heterocycles. The van der Waals surface area contributed by atoms with E-state index in [-0.39, 0.29) is 5.78 Å². The number of nitrogens with two attached hydrogens (primary N) is 1. The van der Waals surface area contributed by atoms with Crippen LogP contribution < -0.4 is 5.73 Å². The quantitative estimate of drug-likeness (QED) is 0.461. The van der Waals surface area contributed by atoms with E-state index in [1.807, 2.05) is 48.7 Å². The lowest BCUT2D eigenvalue weighted by atomic mass is 10.0. The van der Waals surface area contributed by atoms with E-state index < -0.39 is 0 Å². The van der Waals surface area contributed by atoms with Gasteiger partial charge in [0.2, 0.25) is 0 Å². The summed E-state index contributed by atoms with van der Waals surface area (Å²) < 4.78 is 0. The summed E-state index contributed by atoms with van der Waals surface area (Å²) in [6, 6.07) is 16.3. The fraction of sp³-hybridized carbons (Fsp3) is 0.100. The lowest BCUT2D eigenvalue weighted by molar-refractivity contribution is 0.0993. The van der Waals surface area contributed by atoms with E-state index in [9.17, 15) is 4.79 Å². The van der Waals surface area contributed by atoms with Crippen molar-refractivity contribution in [3.63, 3.8) is 0 Å². The summed E-state index contributed by atoms with van der Waals surface area (Å²) >= 11 is 3.06. The molecule has 0 aliphatic carbocycles. The van der Waals surface area contributed by atoms with Gasteiger partial charge in [-0.2, -0.15) is 0 Å². The molecule has 0 spiro atoms. The predicted molar refractivity (Wildman–Crippen MR) is 107 cm³/mol. The lowest BCUT2D eigenvalue weighted by Gasteiger charge is -2.07. The van der Waals surface area contributed by atoms with Crippen LogP contribution in [0, 0.1) is 0 Å². The zero-order valence-corrected chi connectivity index (χ0v) is 15.3. The van der Waals surface area contributed by atoms with Crippen molar-refractivity contribution in [2.24, 2.45) is 0 Å². The second kappa shape index (κ2) is 6.43. The summed E-state index contributed by atoms with van der Waals surface area (Å²) in [6.45, 7) is 1.86. The fourth-order valence-electron chi connectivity index (χ4n) is 2.87. The molecule has 5 heteroatoms. The second-order valence-corrected chi connectivity index (χ2v) is 7.65. The van der Waals surface area contributed by atoms with E-state index in [1.54, 1.807) is 11.3 Å². The van der Waals surface area contributed by atoms with Crippen LogP contribution in [0.5, 0.6) is 0 Å². The van der Waals surface area contributed by atoms with Crippen LogP contribution in [0.1, 0.15) is 23.0 Å². The standard InChI is InChI=1S/C20H16N2OS2/c1-2-15(23)19-18(21)17-13(16-9-6-10-24-16)11-14(22-20(17)25-19)12-7-4-3-5-8-12/h3-11H,2,21H2,1H3. The van der Waals surface area contributed by atoms with Crippen molar-refractivity contribution >= 4 is 44.4 Å². The second-order valence-electron chi connectivity index (χ2n) is 5.70. The molecular weight excluding hydrogens is 348 g/mol. The Kier molecular flexibility index (Phi) is 4.11. The van der Waals surface area contributed by atoms with Crippen LogP contribution in [-0.4, -0.2) is 10.8 Å². The molecular formula is C20H16N2OS2. The first-order chi connectivity index (χ1) is 12.2. The number of thiophene rings is 2. The summed E-state index contributed by atoms with van der Waals surface area (Å²) in [5.41, 5.74) is 9.92. The molecule has 1 aromatic carbocycles. The minimum absolute atomic E-state index is 0.0684. The van der Waals surface area contributed by atoms with E-state index in [0.717, 1.165) is 31.9 Å². The van der Waals surface area contributed by atoms with Crippen LogP contribution in [-0.2, 0) is 0 Å². The molecule has 0 atom stereocenters. The van der Waals surface area contributed by atoms with Gasteiger partial charge in [0.15, 0.2) is 5.78 Å². The van der Waals surface area contributed by atoms with Crippen LogP contribution in [0.3, 0.4) is 0 Å². The minimum Gasteiger partial charge on any atom is -0.397 e. The summed E-state index contributed by atoms with van der Waals surface area (Å²) in [5, 5.41) is 2.94. The van der Waals surface area contributed by atoms with Crippen LogP contribution in [0.25, 0.3) is 31.9 Å². The van der Waals surface area contributed by atoms with E-state index in [4.69, 9.17) is 10.7 Å². The molecule has 25 heavy (non-hydrogen) atoms. The molecule has 0 unspecified atom stereocenters. The van der Waals surface area contributed by atoms with Gasteiger partial charge in [-0.1, -0.05) is 43.3 Å². The maximum atomic E-state index is 12.3. The zero-order valence-electron chi connectivity index (χ0n) is 13.7. The summed E-state index contributed by atoms with van der Waals surface area (Å²) in [7, 11) is 0. The number of fused-ring (bicyclic) bond motifs is 1. The van der Waals surface area contributed by atoms with Crippen LogP contribution >= 0.6 is 22.7 Å². The predicted octanol–water partition coefficient (Wildman–Crippen LogP) is 5.87. The first kappa shape index (κ1) is 16.0. The summed E-state index contributed by atoms with van der Waals surface area (Å²) in [6.07, 6.45) is 0.441. The molecule has 3 nitrogen and oxygen atoms in total. The van der Waals surface area contributed by atoms with Gasteiger partial charge in [0, 0.05) is 27.8 Å². The highest BCUT2D eigenvalue weighted by molar-refractivity contribution is 7.21. The number of carbonyl (C=O) groups is 1. The number of anilines is 1. The maximum Gasteiger partial charge on any atom is 0.174 e. The number of aromatic nitrogens is 1. The van der Waals surface area contributed by atoms with Crippen molar-refractivity contribution in [2.45, 2.75) is 13.3 Å². The molecule has 0 saturated carbocycles. The topological polar surface area (TPSA) is 56.0 Å². The Morgan fingerprint density at radius 2 is 1.96 bits per heavy atom. The molecule has 3 aromatic heterocycles. The first-order valence-electron chi connectivity index (χ1n) is 8.04. The molecule has 4 aromatic rings. The number of rotatable bonds is 4. The summed E-state index contributed by atoms with van der Waals surface area (Å²) in [5.74, 6) is 0.0684. The average molecular weight is 364 g/mol. The van der Waals surface area contributed by atoms with Crippen molar-refractivity contribution in [3.8, 4) is 21.7 Å². The molecule has 0 saturated heterocycles. The number of nitrogens with zero attached hydrogens (tertiary/aromatic N) is 1. The smallest absolute Gasteiger partial charge is 0.174 e. The normalized spacial score (nSPS) is 11.1. The molecule has 3 heterocycles. The van der Waals surface area contributed by atoms with Gasteiger partial charge in [0.05, 0.1) is 16.3 Å². The third-order valence-corrected chi connectivity index (χ3v) is 6.17. The molecule has 0 radical (unpaired) electrons. The number of pyridine rings is 1. The van der Waals surface area contributed by atoms with Crippen molar-refractivity contribution in [1.82, 2.24) is 4.98 Å². The molecule has 0 bridgehead atoms. The van der Waals surface area contributed by atoms with Gasteiger partial charge in [-0.25, -0.2) is 4.98 Å². The third-order valence-electron chi connectivity index (χ3n) is 4.13. The van der Waals surface area contributed by atoms with Gasteiger partial charge < -0.3 is 5.73 Å². The van der Waals surface area contributed by atoms with E-state index in [1.165, 1.54) is 11.3 Å². The highest BCUT2D eigenvalue weighted by atomic mass is 32.1. The SMILES string of the molecule is CCC(=O)c1sc2nc(-c3ccccc3)cc(-c3cccs3)c2c1N. The van der Waals surface area contributed by atoms with E-state index >= 15 is 0 Å². The van der Waals surface area contributed by atoms with E-state index in [2.05, 4.69) is 12.1 Å². The largest absolute Gasteiger partial charge is 0.397 e. The van der Waals surface area contributed by atoms with Crippen molar-refractivity contribution in [3.05, 3.63) is 58.8 Å². The first-order valence-corrected chi connectivity index (χ1v) is 9.74. The number of benzene rings is 1. The number of Topliss-reactive ketones (excluding diaryl/α,β-unsaturated/α-hetero) is 1. The molecule has 124 valence electrons. The van der Waals surface area contributed by atoms with Crippen LogP contribution in [0.15, 0.2) is 53.9 Å². The summed E-state index contributed by atoms with van der Waals surface area (Å²) in [4.78, 5) is 19.6. The Hall–Kier alpha value is -2.50. The van der Waals surface area contributed by atoms with Gasteiger partial charge in [-0.15, -0.1) is 22.7 Å². The zero-order chi connectivity index (χ0) is 17.4. The Morgan fingerprint density at radius 1 is 1.16 bits per heavy atom. The number of hydrogen-bond acceptors (Lipinski definition) is 5. The average Bonchev–Trinajstić information content (AvgIpc) is 3.30. The molecule has 0 amide bonds. The fourth-order valence-corrected chi connectivity index (χ4v) is 4.75. The lowest BCUT2D eigenvalue weighted by Crippen LogP contribution is -1.98. The highest BCUT2D eigenvalue weighted by Gasteiger charge is 2.20. The van der Waals surface area contributed by atoms with Gasteiger partial charge >= 0.3 is 0 Å². The Labute approximate surface area is 153 Å². The van der Waals surface area contributed by atoms with Crippen molar-refractivity contribution < 1.29 is 4.79 Å².